The molecule has 2 rings (SSSR count). The average Bonchev–Trinajstić information content (AvgIpc) is 2.75. The van der Waals surface area contributed by atoms with Crippen LogP contribution in [-0.2, 0) is 11.8 Å². The zero-order chi connectivity index (χ0) is 13.0. The summed E-state index contributed by atoms with van der Waals surface area (Å²) in [5, 5.41) is 11.6. The highest BCUT2D eigenvalue weighted by molar-refractivity contribution is 7.99. The summed E-state index contributed by atoms with van der Waals surface area (Å²) in [5.74, 6) is 1.11. The van der Waals surface area contributed by atoms with E-state index in [9.17, 15) is 4.79 Å². The first-order valence-corrected chi connectivity index (χ1v) is 7.41. The molecule has 1 aliphatic carbocycles. The van der Waals surface area contributed by atoms with Gasteiger partial charge in [-0.05, 0) is 18.8 Å². The standard InChI is InChI=1S/C12H20N4OS/c1-9-5-3-4-6-10(9)14-11(17)7-18-12-15-13-8-16(12)2/h8-10H,3-7H2,1-2H3,(H,14,17)/t9-,10+/m1/s1. The molecule has 18 heavy (non-hydrogen) atoms. The molecular weight excluding hydrogens is 248 g/mol. The van der Waals surface area contributed by atoms with Crippen molar-refractivity contribution in [3.63, 3.8) is 0 Å². The van der Waals surface area contributed by atoms with Crippen molar-refractivity contribution in [2.45, 2.75) is 43.8 Å². The minimum Gasteiger partial charge on any atom is -0.352 e. The van der Waals surface area contributed by atoms with Gasteiger partial charge in [-0.2, -0.15) is 0 Å². The van der Waals surface area contributed by atoms with Gasteiger partial charge in [0.2, 0.25) is 5.91 Å². The summed E-state index contributed by atoms with van der Waals surface area (Å²) in [7, 11) is 1.88. The molecule has 1 saturated carbocycles. The molecule has 1 heterocycles. The predicted molar refractivity (Wildman–Crippen MR) is 71.3 cm³/mol. The van der Waals surface area contributed by atoms with Crippen molar-refractivity contribution in [3.05, 3.63) is 6.33 Å². The highest BCUT2D eigenvalue weighted by atomic mass is 32.2. The van der Waals surface area contributed by atoms with Crippen LogP contribution in [0.5, 0.6) is 0 Å². The van der Waals surface area contributed by atoms with Gasteiger partial charge in [0.25, 0.3) is 0 Å². The summed E-state index contributed by atoms with van der Waals surface area (Å²) in [4.78, 5) is 11.9. The van der Waals surface area contributed by atoms with E-state index in [-0.39, 0.29) is 5.91 Å². The van der Waals surface area contributed by atoms with Crippen LogP contribution in [0.2, 0.25) is 0 Å². The third-order valence-corrected chi connectivity index (χ3v) is 4.49. The molecule has 0 aromatic carbocycles. The first-order valence-electron chi connectivity index (χ1n) is 6.43. The number of nitrogens with zero attached hydrogens (tertiary/aromatic N) is 3. The zero-order valence-corrected chi connectivity index (χ0v) is 11.7. The van der Waals surface area contributed by atoms with Crippen molar-refractivity contribution in [3.8, 4) is 0 Å². The van der Waals surface area contributed by atoms with Crippen molar-refractivity contribution in [1.82, 2.24) is 20.1 Å². The van der Waals surface area contributed by atoms with Gasteiger partial charge >= 0.3 is 0 Å². The number of amides is 1. The molecular formula is C12H20N4OS. The Balaban J connectivity index is 1.76. The number of aromatic nitrogens is 3. The van der Waals surface area contributed by atoms with Gasteiger partial charge in [0.1, 0.15) is 6.33 Å². The van der Waals surface area contributed by atoms with Crippen LogP contribution in [-0.4, -0.2) is 32.5 Å². The zero-order valence-electron chi connectivity index (χ0n) is 10.9. The Kier molecular flexibility index (Phi) is 4.63. The Bertz CT molecular complexity index is 407. The Labute approximate surface area is 112 Å². The summed E-state index contributed by atoms with van der Waals surface area (Å²) < 4.78 is 1.82. The lowest BCUT2D eigenvalue weighted by Crippen LogP contribution is -2.41. The minimum absolute atomic E-state index is 0.0988. The van der Waals surface area contributed by atoms with Crippen LogP contribution in [0.3, 0.4) is 0 Å². The fourth-order valence-corrected chi connectivity index (χ4v) is 3.01. The molecule has 1 aromatic heterocycles. The van der Waals surface area contributed by atoms with Gasteiger partial charge in [-0.25, -0.2) is 0 Å². The summed E-state index contributed by atoms with van der Waals surface area (Å²) in [6, 6.07) is 0.353. The van der Waals surface area contributed by atoms with E-state index < -0.39 is 0 Å². The topological polar surface area (TPSA) is 59.8 Å². The van der Waals surface area contributed by atoms with Crippen LogP contribution in [0.4, 0.5) is 0 Å². The van der Waals surface area contributed by atoms with E-state index in [1.807, 2.05) is 11.6 Å². The van der Waals surface area contributed by atoms with Crippen molar-refractivity contribution in [2.24, 2.45) is 13.0 Å². The number of rotatable bonds is 4. The highest BCUT2D eigenvalue weighted by Crippen LogP contribution is 2.24. The van der Waals surface area contributed by atoms with Gasteiger partial charge < -0.3 is 9.88 Å². The van der Waals surface area contributed by atoms with Crippen LogP contribution in [0.25, 0.3) is 0 Å². The second kappa shape index (κ2) is 6.22. The summed E-state index contributed by atoms with van der Waals surface area (Å²) in [6.07, 6.45) is 6.50. The van der Waals surface area contributed by atoms with Gasteiger partial charge in [0.15, 0.2) is 5.16 Å². The van der Waals surface area contributed by atoms with E-state index in [0.717, 1.165) is 11.6 Å². The third kappa shape index (κ3) is 3.48. The van der Waals surface area contributed by atoms with Crippen molar-refractivity contribution < 1.29 is 4.79 Å². The van der Waals surface area contributed by atoms with E-state index in [1.54, 1.807) is 6.33 Å². The second-order valence-electron chi connectivity index (χ2n) is 4.95. The number of thioether (sulfide) groups is 1. The molecule has 1 fully saturated rings. The number of aryl methyl sites for hydroxylation is 1. The number of hydrogen-bond donors (Lipinski definition) is 1. The molecule has 1 aromatic rings. The summed E-state index contributed by atoms with van der Waals surface area (Å²) in [5.41, 5.74) is 0. The lowest BCUT2D eigenvalue weighted by Gasteiger charge is -2.29. The molecule has 0 saturated heterocycles. The molecule has 2 atom stereocenters. The smallest absolute Gasteiger partial charge is 0.230 e. The van der Waals surface area contributed by atoms with Gasteiger partial charge in [-0.1, -0.05) is 31.5 Å². The van der Waals surface area contributed by atoms with Crippen LogP contribution in [0.1, 0.15) is 32.6 Å². The molecule has 0 unspecified atom stereocenters. The predicted octanol–water partition coefficient (Wildman–Crippen LogP) is 1.60. The maximum Gasteiger partial charge on any atom is 0.230 e. The number of hydrogen-bond acceptors (Lipinski definition) is 4. The summed E-state index contributed by atoms with van der Waals surface area (Å²) >= 11 is 1.43. The molecule has 6 heteroatoms. The minimum atomic E-state index is 0.0988. The normalized spacial score (nSPS) is 23.9. The third-order valence-electron chi connectivity index (χ3n) is 3.46. The Morgan fingerprint density at radius 3 is 3.00 bits per heavy atom. The van der Waals surface area contributed by atoms with Gasteiger partial charge in [0, 0.05) is 13.1 Å². The van der Waals surface area contributed by atoms with Crippen molar-refractivity contribution >= 4 is 17.7 Å². The van der Waals surface area contributed by atoms with E-state index in [4.69, 9.17) is 0 Å². The van der Waals surface area contributed by atoms with Crippen LogP contribution in [0.15, 0.2) is 11.5 Å². The lowest BCUT2D eigenvalue weighted by atomic mass is 9.86. The van der Waals surface area contributed by atoms with Crippen LogP contribution < -0.4 is 5.32 Å². The molecule has 0 radical (unpaired) electrons. The molecule has 0 aliphatic heterocycles. The molecule has 100 valence electrons. The molecule has 1 aliphatic rings. The Hall–Kier alpha value is -1.04. The summed E-state index contributed by atoms with van der Waals surface area (Å²) in [6.45, 7) is 2.22. The first kappa shape index (κ1) is 13.4. The molecule has 0 bridgehead atoms. The quantitative estimate of drug-likeness (QED) is 0.843. The maximum atomic E-state index is 11.9. The molecule has 1 amide bonds. The van der Waals surface area contributed by atoms with E-state index >= 15 is 0 Å². The van der Waals surface area contributed by atoms with Crippen LogP contribution >= 0.6 is 11.8 Å². The van der Waals surface area contributed by atoms with Gasteiger partial charge in [-0.15, -0.1) is 10.2 Å². The highest BCUT2D eigenvalue weighted by Gasteiger charge is 2.22. The molecule has 5 nitrogen and oxygen atoms in total. The number of carbonyl (C=O) groups excluding carboxylic acids is 1. The van der Waals surface area contributed by atoms with Crippen LogP contribution in [0, 0.1) is 5.92 Å². The molecule has 1 N–H and O–H groups in total. The van der Waals surface area contributed by atoms with Crippen molar-refractivity contribution in [1.29, 1.82) is 0 Å². The maximum absolute atomic E-state index is 11.9. The van der Waals surface area contributed by atoms with E-state index in [2.05, 4.69) is 22.4 Å². The fraction of sp³-hybridized carbons (Fsp3) is 0.750. The van der Waals surface area contributed by atoms with Gasteiger partial charge in [0.05, 0.1) is 5.75 Å². The first-order chi connectivity index (χ1) is 8.66. The number of nitrogens with one attached hydrogen (secondary N) is 1. The second-order valence-corrected chi connectivity index (χ2v) is 5.89. The Morgan fingerprint density at radius 1 is 1.56 bits per heavy atom. The average molecular weight is 268 g/mol. The Morgan fingerprint density at radius 2 is 2.33 bits per heavy atom. The lowest BCUT2D eigenvalue weighted by molar-refractivity contribution is -0.119. The fourth-order valence-electron chi connectivity index (χ4n) is 2.31. The van der Waals surface area contributed by atoms with Crippen molar-refractivity contribution in [2.75, 3.05) is 5.75 Å². The van der Waals surface area contributed by atoms with Gasteiger partial charge in [-0.3, -0.25) is 4.79 Å². The van der Waals surface area contributed by atoms with E-state index in [0.29, 0.717) is 17.7 Å². The SMILES string of the molecule is C[C@@H]1CCCC[C@@H]1NC(=O)CSc1nncn1C. The number of carbonyl (C=O) groups is 1. The largest absolute Gasteiger partial charge is 0.352 e. The molecule has 0 spiro atoms. The monoisotopic (exact) mass is 268 g/mol. The van der Waals surface area contributed by atoms with E-state index in [1.165, 1.54) is 31.0 Å².